The van der Waals surface area contributed by atoms with E-state index < -0.39 is 4.92 Å². The van der Waals surface area contributed by atoms with E-state index in [1.807, 2.05) is 0 Å². The Bertz CT molecular complexity index is 355. The minimum Gasteiger partial charge on any atom is -0.326 e. The summed E-state index contributed by atoms with van der Waals surface area (Å²) in [5.41, 5.74) is 5.47. The fraction of sp³-hybridized carbons (Fsp3) is 0.143. The van der Waals surface area contributed by atoms with Crippen molar-refractivity contribution < 1.29 is 4.92 Å². The van der Waals surface area contributed by atoms with Gasteiger partial charge >= 0.3 is 0 Å². The predicted molar refractivity (Wildman–Crippen MR) is 51.0 cm³/mol. The molecule has 1 aromatic carbocycles. The zero-order chi connectivity index (χ0) is 10.0. The molecule has 0 aliphatic heterocycles. The minimum absolute atomic E-state index is 0.00426. The lowest BCUT2D eigenvalue weighted by Gasteiger charge is -2.03. The maximum absolute atomic E-state index is 10.5. The zero-order valence-corrected chi connectivity index (χ0v) is 7.97. The molecule has 0 fully saturated rings. The van der Waals surface area contributed by atoms with Crippen molar-refractivity contribution in [3.8, 4) is 0 Å². The highest BCUT2D eigenvalue weighted by Gasteiger charge is 2.17. The van der Waals surface area contributed by atoms with Crippen molar-refractivity contribution in [3.05, 3.63) is 37.9 Å². The topological polar surface area (TPSA) is 69.2 Å². The summed E-state index contributed by atoms with van der Waals surface area (Å²) in [5, 5.41) is 10.9. The van der Waals surface area contributed by atoms with Gasteiger partial charge in [-0.2, -0.15) is 0 Å². The lowest BCUT2D eigenvalue weighted by molar-refractivity contribution is -0.385. The molecule has 0 aliphatic carbocycles. The monoisotopic (exact) mass is 220 g/mol. The Hall–Kier alpha value is -0.840. The first-order valence-corrected chi connectivity index (χ1v) is 4.15. The van der Waals surface area contributed by atoms with E-state index in [9.17, 15) is 10.1 Å². The first kappa shape index (κ1) is 10.2. The highest BCUT2D eigenvalue weighted by atomic mass is 35.5. The van der Waals surface area contributed by atoms with Gasteiger partial charge in [0.05, 0.1) is 20.5 Å². The molecule has 13 heavy (non-hydrogen) atoms. The van der Waals surface area contributed by atoms with Gasteiger partial charge in [0, 0.05) is 12.6 Å². The summed E-state index contributed by atoms with van der Waals surface area (Å²) < 4.78 is 0. The van der Waals surface area contributed by atoms with Crippen molar-refractivity contribution >= 4 is 28.9 Å². The van der Waals surface area contributed by atoms with Crippen LogP contribution in [0.4, 0.5) is 5.69 Å². The van der Waals surface area contributed by atoms with Crippen LogP contribution in [0.2, 0.25) is 10.0 Å². The number of hydrogen-bond acceptors (Lipinski definition) is 3. The molecule has 6 heteroatoms. The zero-order valence-electron chi connectivity index (χ0n) is 6.46. The fourth-order valence-electron chi connectivity index (χ4n) is 0.948. The largest absolute Gasteiger partial charge is 0.326 e. The average molecular weight is 221 g/mol. The first-order valence-electron chi connectivity index (χ1n) is 3.39. The van der Waals surface area contributed by atoms with Gasteiger partial charge in [0.2, 0.25) is 0 Å². The molecule has 0 unspecified atom stereocenters. The van der Waals surface area contributed by atoms with Crippen molar-refractivity contribution in [2.45, 2.75) is 6.54 Å². The van der Waals surface area contributed by atoms with Gasteiger partial charge in [0.15, 0.2) is 0 Å². The van der Waals surface area contributed by atoms with E-state index in [1.165, 1.54) is 12.1 Å². The summed E-state index contributed by atoms with van der Waals surface area (Å²) in [5.74, 6) is 0. The van der Waals surface area contributed by atoms with Crippen LogP contribution in [0, 0.1) is 10.1 Å². The second-order valence-corrected chi connectivity index (χ2v) is 3.11. The molecule has 0 aromatic heterocycles. The van der Waals surface area contributed by atoms with Crippen molar-refractivity contribution in [3.63, 3.8) is 0 Å². The van der Waals surface area contributed by atoms with Crippen LogP contribution < -0.4 is 5.73 Å². The van der Waals surface area contributed by atoms with E-state index >= 15 is 0 Å². The Balaban J connectivity index is 3.38. The molecule has 1 aromatic rings. The van der Waals surface area contributed by atoms with Crippen LogP contribution in [-0.4, -0.2) is 4.92 Å². The number of hydrogen-bond donors (Lipinski definition) is 1. The van der Waals surface area contributed by atoms with Gasteiger partial charge in [-0.3, -0.25) is 10.1 Å². The number of nitro groups is 1. The lowest BCUT2D eigenvalue weighted by Crippen LogP contribution is -2.02. The molecule has 2 N–H and O–H groups in total. The summed E-state index contributed by atoms with van der Waals surface area (Å²) in [6, 6.07) is 2.66. The van der Waals surface area contributed by atoms with Crippen molar-refractivity contribution in [1.29, 1.82) is 0 Å². The molecule has 0 amide bonds. The minimum atomic E-state index is -0.537. The van der Waals surface area contributed by atoms with E-state index in [2.05, 4.69) is 0 Å². The molecule has 0 heterocycles. The quantitative estimate of drug-likeness (QED) is 0.615. The summed E-state index contributed by atoms with van der Waals surface area (Å²) in [7, 11) is 0. The van der Waals surface area contributed by atoms with Crippen LogP contribution in [0.25, 0.3) is 0 Å². The van der Waals surface area contributed by atoms with Crippen molar-refractivity contribution in [2.24, 2.45) is 5.73 Å². The summed E-state index contributed by atoms with van der Waals surface area (Å²) >= 11 is 11.4. The van der Waals surface area contributed by atoms with Crippen LogP contribution in [-0.2, 0) is 6.54 Å². The molecule has 70 valence electrons. The summed E-state index contributed by atoms with van der Waals surface area (Å²) in [6.07, 6.45) is 0. The number of rotatable bonds is 2. The molecule has 4 nitrogen and oxygen atoms in total. The third-order valence-electron chi connectivity index (χ3n) is 1.57. The van der Waals surface area contributed by atoms with Gasteiger partial charge in [0.25, 0.3) is 5.69 Å². The molecule has 0 radical (unpaired) electrons. The normalized spacial score (nSPS) is 10.1. The number of nitrogens with two attached hydrogens (primary N) is 1. The van der Waals surface area contributed by atoms with Crippen molar-refractivity contribution in [2.75, 3.05) is 0 Å². The van der Waals surface area contributed by atoms with E-state index in [0.717, 1.165) is 0 Å². The Kier molecular flexibility index (Phi) is 3.08. The third-order valence-corrected chi connectivity index (χ3v) is 2.42. The Morgan fingerprint density at radius 3 is 2.54 bits per heavy atom. The van der Waals surface area contributed by atoms with Crippen LogP contribution in [0.3, 0.4) is 0 Å². The highest BCUT2D eigenvalue weighted by molar-refractivity contribution is 6.42. The smallest absolute Gasteiger partial charge is 0.275 e. The van der Waals surface area contributed by atoms with Gasteiger partial charge in [-0.15, -0.1) is 0 Å². The molecule has 0 saturated heterocycles. The van der Waals surface area contributed by atoms with E-state index in [0.29, 0.717) is 0 Å². The van der Waals surface area contributed by atoms with Gasteiger partial charge < -0.3 is 5.73 Å². The maximum atomic E-state index is 10.5. The summed E-state index contributed by atoms with van der Waals surface area (Å²) in [4.78, 5) is 9.96. The Labute approximate surface area is 84.4 Å². The van der Waals surface area contributed by atoms with Gasteiger partial charge in [0.1, 0.15) is 0 Å². The molecular weight excluding hydrogens is 215 g/mol. The van der Waals surface area contributed by atoms with Crippen LogP contribution in [0.1, 0.15) is 5.56 Å². The molecule has 0 saturated carbocycles. The predicted octanol–water partition coefficient (Wildman–Crippen LogP) is 2.36. The molecule has 1 rings (SSSR count). The van der Waals surface area contributed by atoms with Crippen LogP contribution >= 0.6 is 23.2 Å². The molecule has 0 spiro atoms. The van der Waals surface area contributed by atoms with Crippen LogP contribution in [0.5, 0.6) is 0 Å². The number of nitrogens with zero attached hydrogens (tertiary/aromatic N) is 1. The fourth-order valence-corrected chi connectivity index (χ4v) is 1.36. The Morgan fingerprint density at radius 2 is 2.08 bits per heavy atom. The molecule has 0 atom stereocenters. The number of benzene rings is 1. The van der Waals surface area contributed by atoms with E-state index in [-0.39, 0.29) is 27.8 Å². The van der Waals surface area contributed by atoms with Gasteiger partial charge in [-0.1, -0.05) is 23.2 Å². The lowest BCUT2D eigenvalue weighted by atomic mass is 10.2. The standard InChI is InChI=1S/C7H6Cl2N2O2/c8-5-1-2-6(11(12)13)4(3-10)7(5)9/h1-2H,3,10H2. The second kappa shape index (κ2) is 3.91. The molecule has 0 aliphatic rings. The summed E-state index contributed by atoms with van der Waals surface area (Å²) in [6.45, 7) is -0.00426. The van der Waals surface area contributed by atoms with Gasteiger partial charge in [-0.05, 0) is 6.07 Å². The second-order valence-electron chi connectivity index (χ2n) is 2.32. The maximum Gasteiger partial charge on any atom is 0.275 e. The number of halogens is 2. The van der Waals surface area contributed by atoms with E-state index in [1.54, 1.807) is 0 Å². The first-order chi connectivity index (χ1) is 6.07. The molecular formula is C7H6Cl2N2O2. The number of nitro benzene ring substituents is 1. The SMILES string of the molecule is NCc1c([N+](=O)[O-])ccc(Cl)c1Cl. The third kappa shape index (κ3) is 1.91. The van der Waals surface area contributed by atoms with Crippen molar-refractivity contribution in [1.82, 2.24) is 0 Å². The Morgan fingerprint density at radius 1 is 1.46 bits per heavy atom. The van der Waals surface area contributed by atoms with Crippen LogP contribution in [0.15, 0.2) is 12.1 Å². The molecule has 0 bridgehead atoms. The average Bonchev–Trinajstić information content (AvgIpc) is 2.09. The highest BCUT2D eigenvalue weighted by Crippen LogP contribution is 2.32. The van der Waals surface area contributed by atoms with Gasteiger partial charge in [-0.25, -0.2) is 0 Å². The van der Waals surface area contributed by atoms with E-state index in [4.69, 9.17) is 28.9 Å².